The largest absolute Gasteiger partial charge is 0.505 e. The van der Waals surface area contributed by atoms with Crippen molar-refractivity contribution in [1.29, 1.82) is 5.26 Å². The molecule has 0 amide bonds. The highest BCUT2D eigenvalue weighted by molar-refractivity contribution is 6.03. The topological polar surface area (TPSA) is 92.4 Å². The van der Waals surface area contributed by atoms with E-state index in [4.69, 9.17) is 4.74 Å². The molecule has 24 heavy (non-hydrogen) atoms. The molecule has 6 heteroatoms. The molecule has 2 aromatic carbocycles. The number of ether oxygens (including phenoxy) is 2. The number of aromatic nitrogens is 1. The van der Waals surface area contributed by atoms with Crippen LogP contribution in [-0.4, -0.2) is 23.2 Å². The molecule has 0 saturated carbocycles. The van der Waals surface area contributed by atoms with Gasteiger partial charge in [0.1, 0.15) is 23.3 Å². The number of aromatic hydroxyl groups is 1. The molecule has 0 aliphatic heterocycles. The number of pyridine rings is 1. The third kappa shape index (κ3) is 2.59. The number of methoxy groups -OCH3 is 1. The fraction of sp³-hybridized carbons (Fsp3) is 0.0556. The minimum absolute atomic E-state index is 0.00158. The first-order valence-electron chi connectivity index (χ1n) is 7.02. The van der Waals surface area contributed by atoms with Crippen molar-refractivity contribution in [3.8, 4) is 23.3 Å². The van der Waals surface area contributed by atoms with Crippen molar-refractivity contribution in [1.82, 2.24) is 4.98 Å². The Morgan fingerprint density at radius 1 is 1.17 bits per heavy atom. The normalized spacial score (nSPS) is 10.2. The molecule has 118 valence electrons. The minimum Gasteiger partial charge on any atom is -0.505 e. The summed E-state index contributed by atoms with van der Waals surface area (Å²) in [5.74, 6) is -0.359. The number of esters is 1. The number of nitriles is 1. The monoisotopic (exact) mass is 320 g/mol. The van der Waals surface area contributed by atoms with Crippen LogP contribution in [0.4, 0.5) is 0 Å². The Hall–Kier alpha value is -3.59. The first-order valence-corrected chi connectivity index (χ1v) is 7.02. The van der Waals surface area contributed by atoms with Crippen LogP contribution < -0.4 is 4.74 Å². The van der Waals surface area contributed by atoms with E-state index in [1.54, 1.807) is 30.3 Å². The van der Waals surface area contributed by atoms with Crippen molar-refractivity contribution in [2.24, 2.45) is 0 Å². The summed E-state index contributed by atoms with van der Waals surface area (Å²) in [7, 11) is 1.17. The highest BCUT2D eigenvalue weighted by atomic mass is 16.5. The molecule has 3 aromatic rings. The van der Waals surface area contributed by atoms with Crippen LogP contribution in [-0.2, 0) is 4.74 Å². The van der Waals surface area contributed by atoms with Gasteiger partial charge in [-0.3, -0.25) is 0 Å². The Bertz CT molecular complexity index is 962. The Labute approximate surface area is 137 Å². The van der Waals surface area contributed by atoms with Gasteiger partial charge in [-0.1, -0.05) is 30.3 Å². The average molecular weight is 320 g/mol. The van der Waals surface area contributed by atoms with Gasteiger partial charge in [0.2, 0.25) is 0 Å². The van der Waals surface area contributed by atoms with Crippen LogP contribution in [0.2, 0.25) is 0 Å². The summed E-state index contributed by atoms with van der Waals surface area (Å²) in [4.78, 5) is 15.7. The van der Waals surface area contributed by atoms with Crippen LogP contribution in [0.15, 0.2) is 48.5 Å². The molecule has 0 aliphatic carbocycles. The SMILES string of the molecule is COC(=O)c1nc(C#N)c2cccc(Oc3ccccc3)c2c1O. The maximum Gasteiger partial charge on any atom is 0.360 e. The molecule has 1 heterocycles. The van der Waals surface area contributed by atoms with Gasteiger partial charge in [0, 0.05) is 5.39 Å². The summed E-state index contributed by atoms with van der Waals surface area (Å²) in [6, 6.07) is 15.8. The molecule has 0 fully saturated rings. The number of carbonyl (C=O) groups is 1. The van der Waals surface area contributed by atoms with Crippen LogP contribution in [0.25, 0.3) is 10.8 Å². The molecule has 0 radical (unpaired) electrons. The third-order valence-corrected chi connectivity index (χ3v) is 3.42. The number of benzene rings is 2. The third-order valence-electron chi connectivity index (χ3n) is 3.42. The zero-order chi connectivity index (χ0) is 17.1. The Kier molecular flexibility index (Phi) is 4.00. The van der Waals surface area contributed by atoms with Crippen molar-refractivity contribution in [3.63, 3.8) is 0 Å². The quantitative estimate of drug-likeness (QED) is 0.744. The molecular formula is C18H12N2O4. The summed E-state index contributed by atoms with van der Waals surface area (Å²) < 4.78 is 10.4. The van der Waals surface area contributed by atoms with E-state index in [0.717, 1.165) is 0 Å². The first-order chi connectivity index (χ1) is 11.7. The molecule has 1 N–H and O–H groups in total. The Balaban J connectivity index is 2.27. The van der Waals surface area contributed by atoms with Crippen LogP contribution >= 0.6 is 0 Å². The van der Waals surface area contributed by atoms with Crippen molar-refractivity contribution in [3.05, 3.63) is 59.9 Å². The number of para-hydroxylation sites is 1. The van der Waals surface area contributed by atoms with Crippen molar-refractivity contribution >= 4 is 16.7 Å². The van der Waals surface area contributed by atoms with Gasteiger partial charge >= 0.3 is 5.97 Å². The van der Waals surface area contributed by atoms with Gasteiger partial charge in [0.05, 0.1) is 12.5 Å². The second-order valence-electron chi connectivity index (χ2n) is 4.85. The van der Waals surface area contributed by atoms with Crippen LogP contribution in [0.1, 0.15) is 16.2 Å². The second kappa shape index (κ2) is 6.26. The first kappa shape index (κ1) is 15.3. The molecule has 0 aliphatic rings. The van der Waals surface area contributed by atoms with Gasteiger partial charge in [-0.15, -0.1) is 0 Å². The molecule has 0 bridgehead atoms. The predicted octanol–water partition coefficient (Wildman–Crippen LogP) is 3.39. The fourth-order valence-corrected chi connectivity index (χ4v) is 2.34. The van der Waals surface area contributed by atoms with Gasteiger partial charge in [-0.05, 0) is 18.2 Å². The van der Waals surface area contributed by atoms with E-state index in [0.29, 0.717) is 16.9 Å². The van der Waals surface area contributed by atoms with Gasteiger partial charge in [0.15, 0.2) is 11.4 Å². The average Bonchev–Trinajstić information content (AvgIpc) is 2.62. The molecule has 0 atom stereocenters. The Morgan fingerprint density at radius 3 is 2.58 bits per heavy atom. The van der Waals surface area contributed by atoms with Crippen molar-refractivity contribution in [2.45, 2.75) is 0 Å². The second-order valence-corrected chi connectivity index (χ2v) is 4.85. The van der Waals surface area contributed by atoms with E-state index in [-0.39, 0.29) is 22.5 Å². The molecule has 0 spiro atoms. The van der Waals surface area contributed by atoms with Crippen LogP contribution in [0.3, 0.4) is 0 Å². The standard InChI is InChI=1S/C18H12N2O4/c1-23-18(22)16-17(21)15-12(13(10-19)20-16)8-5-9-14(15)24-11-6-3-2-4-7-11/h2-9,21H,1H3. The lowest BCUT2D eigenvalue weighted by Crippen LogP contribution is -2.07. The van der Waals surface area contributed by atoms with Crippen LogP contribution in [0.5, 0.6) is 17.2 Å². The molecular weight excluding hydrogens is 308 g/mol. The molecule has 0 unspecified atom stereocenters. The minimum atomic E-state index is -0.833. The zero-order valence-corrected chi connectivity index (χ0v) is 12.7. The fourth-order valence-electron chi connectivity index (χ4n) is 2.34. The summed E-state index contributed by atoms with van der Waals surface area (Å²) >= 11 is 0. The summed E-state index contributed by atoms with van der Waals surface area (Å²) in [6.45, 7) is 0. The molecule has 0 saturated heterocycles. The van der Waals surface area contributed by atoms with Crippen molar-refractivity contribution in [2.75, 3.05) is 7.11 Å². The molecule has 1 aromatic heterocycles. The van der Waals surface area contributed by atoms with E-state index in [2.05, 4.69) is 9.72 Å². The number of hydrogen-bond donors (Lipinski definition) is 1. The highest BCUT2D eigenvalue weighted by Crippen LogP contribution is 2.38. The number of fused-ring (bicyclic) bond motifs is 1. The van der Waals surface area contributed by atoms with Gasteiger partial charge in [0.25, 0.3) is 0 Å². The van der Waals surface area contributed by atoms with Gasteiger partial charge in [-0.2, -0.15) is 5.26 Å². The van der Waals surface area contributed by atoms with Crippen LogP contribution in [0, 0.1) is 11.3 Å². The maximum atomic E-state index is 11.8. The lowest BCUT2D eigenvalue weighted by atomic mass is 10.1. The lowest BCUT2D eigenvalue weighted by Gasteiger charge is -2.12. The van der Waals surface area contributed by atoms with Gasteiger partial charge in [-0.25, -0.2) is 9.78 Å². The van der Waals surface area contributed by atoms with E-state index in [9.17, 15) is 15.2 Å². The summed E-state index contributed by atoms with van der Waals surface area (Å²) in [5.41, 5.74) is -0.327. The maximum absolute atomic E-state index is 11.8. The summed E-state index contributed by atoms with van der Waals surface area (Å²) in [5, 5.41) is 20.4. The van der Waals surface area contributed by atoms with E-state index < -0.39 is 5.97 Å². The van der Waals surface area contributed by atoms with E-state index in [1.165, 1.54) is 7.11 Å². The van der Waals surface area contributed by atoms with Crippen molar-refractivity contribution < 1.29 is 19.4 Å². The smallest absolute Gasteiger partial charge is 0.360 e. The summed E-state index contributed by atoms with van der Waals surface area (Å²) in [6.07, 6.45) is 0. The number of hydrogen-bond acceptors (Lipinski definition) is 6. The number of rotatable bonds is 3. The molecule has 3 rings (SSSR count). The number of carbonyl (C=O) groups excluding carboxylic acids is 1. The van der Waals surface area contributed by atoms with Gasteiger partial charge < -0.3 is 14.6 Å². The molecule has 6 nitrogen and oxygen atoms in total. The lowest BCUT2D eigenvalue weighted by molar-refractivity contribution is 0.0590. The Morgan fingerprint density at radius 2 is 1.92 bits per heavy atom. The zero-order valence-electron chi connectivity index (χ0n) is 12.7. The number of nitrogens with zero attached hydrogens (tertiary/aromatic N) is 2. The van der Waals surface area contributed by atoms with E-state index in [1.807, 2.05) is 24.3 Å². The highest BCUT2D eigenvalue weighted by Gasteiger charge is 2.22. The van der Waals surface area contributed by atoms with E-state index >= 15 is 0 Å². The predicted molar refractivity (Wildman–Crippen MR) is 86.0 cm³/mol.